The van der Waals surface area contributed by atoms with Gasteiger partial charge in [-0.05, 0) is 41.5 Å². The number of primary amides is 1. The average molecular weight is 340 g/mol. The lowest BCUT2D eigenvalue weighted by molar-refractivity contribution is -0.0932. The monoisotopic (exact) mass is 340 g/mol. The fourth-order valence-electron chi connectivity index (χ4n) is 2.48. The molecule has 0 aliphatic heterocycles. The van der Waals surface area contributed by atoms with E-state index in [2.05, 4.69) is 0 Å². The van der Waals surface area contributed by atoms with Crippen LogP contribution in [0, 0.1) is 0 Å². The lowest BCUT2D eigenvalue weighted by Crippen LogP contribution is -2.39. The molecule has 0 spiro atoms. The highest BCUT2D eigenvalue weighted by molar-refractivity contribution is 7.17. The van der Waals surface area contributed by atoms with E-state index in [0.29, 0.717) is 5.56 Å². The summed E-state index contributed by atoms with van der Waals surface area (Å²) in [6.07, 6.45) is 0. The maximum Gasteiger partial charge on any atom is 0.363 e. The summed E-state index contributed by atoms with van der Waals surface area (Å²) in [4.78, 5) is 29.3. The van der Waals surface area contributed by atoms with Gasteiger partial charge in [-0.3, -0.25) is 0 Å². The molecule has 122 valence electrons. The number of hydrogen-bond donors (Lipinski definition) is 1. The second-order valence-electron chi connectivity index (χ2n) is 5.27. The van der Waals surface area contributed by atoms with E-state index < -0.39 is 18.0 Å². The average Bonchev–Trinajstić information content (AvgIpc) is 3.03. The fraction of sp³-hybridized carbons (Fsp3) is 0.111. The van der Waals surface area contributed by atoms with Crippen molar-refractivity contribution >= 4 is 33.4 Å². The Kier molecular flexibility index (Phi) is 4.48. The lowest BCUT2D eigenvalue weighted by Gasteiger charge is -2.25. The number of carbonyl (C=O) groups excluding carboxylic acids is 2. The van der Waals surface area contributed by atoms with Crippen LogP contribution in [0.5, 0.6) is 0 Å². The molecule has 0 aliphatic carbocycles. The molecule has 2 aromatic carbocycles. The zero-order chi connectivity index (χ0) is 17.1. The number of urea groups is 1. The number of thiophene rings is 1. The number of benzene rings is 2. The summed E-state index contributed by atoms with van der Waals surface area (Å²) in [6, 6.07) is 15.0. The van der Waals surface area contributed by atoms with Crippen LogP contribution in [0.3, 0.4) is 0 Å². The van der Waals surface area contributed by atoms with E-state index >= 15 is 0 Å². The van der Waals surface area contributed by atoms with Gasteiger partial charge in [-0.15, -0.1) is 16.4 Å². The first-order valence-electron chi connectivity index (χ1n) is 7.40. The number of nitrogens with two attached hydrogens (primary N) is 1. The van der Waals surface area contributed by atoms with E-state index in [9.17, 15) is 9.59 Å². The molecule has 2 N–H and O–H groups in total. The van der Waals surface area contributed by atoms with E-state index in [-0.39, 0.29) is 0 Å². The smallest absolute Gasteiger partial charge is 0.349 e. The van der Waals surface area contributed by atoms with Crippen molar-refractivity contribution in [3.63, 3.8) is 0 Å². The maximum absolute atomic E-state index is 12.2. The number of hydroxylamine groups is 2. The predicted octanol–water partition coefficient (Wildman–Crippen LogP) is 4.12. The van der Waals surface area contributed by atoms with Crippen molar-refractivity contribution in [1.82, 2.24) is 5.06 Å². The van der Waals surface area contributed by atoms with Crippen LogP contribution >= 0.6 is 11.3 Å². The molecule has 24 heavy (non-hydrogen) atoms. The van der Waals surface area contributed by atoms with E-state index in [1.807, 2.05) is 29.6 Å². The first-order chi connectivity index (χ1) is 11.6. The second-order valence-corrected chi connectivity index (χ2v) is 6.18. The van der Waals surface area contributed by atoms with Gasteiger partial charge < -0.3 is 10.6 Å². The Balaban J connectivity index is 1.88. The van der Waals surface area contributed by atoms with Gasteiger partial charge >= 0.3 is 12.0 Å². The first kappa shape index (κ1) is 16.0. The largest absolute Gasteiger partial charge is 0.363 e. The number of hydrogen-bond acceptors (Lipinski definition) is 4. The summed E-state index contributed by atoms with van der Waals surface area (Å²) < 4.78 is 1.10. The van der Waals surface area contributed by atoms with Crippen molar-refractivity contribution in [2.24, 2.45) is 5.73 Å². The third-order valence-corrected chi connectivity index (χ3v) is 4.70. The Morgan fingerprint density at radius 3 is 2.46 bits per heavy atom. The number of nitrogens with zero attached hydrogens (tertiary/aromatic N) is 1. The van der Waals surface area contributed by atoms with Gasteiger partial charge in [-0.1, -0.05) is 36.4 Å². The third kappa shape index (κ3) is 3.09. The summed E-state index contributed by atoms with van der Waals surface area (Å²) in [5.41, 5.74) is 6.66. The molecule has 0 aliphatic rings. The van der Waals surface area contributed by atoms with Gasteiger partial charge in [0.2, 0.25) is 0 Å². The van der Waals surface area contributed by atoms with Crippen LogP contribution in [0.2, 0.25) is 0 Å². The number of amides is 2. The SMILES string of the molecule is CC(c1csc2ccccc12)N(OC(=O)c1ccccc1)C(N)=O. The summed E-state index contributed by atoms with van der Waals surface area (Å²) in [7, 11) is 0. The number of fused-ring (bicyclic) bond motifs is 1. The summed E-state index contributed by atoms with van der Waals surface area (Å²) in [6.45, 7) is 1.78. The van der Waals surface area contributed by atoms with E-state index in [0.717, 1.165) is 20.7 Å². The van der Waals surface area contributed by atoms with E-state index in [1.54, 1.807) is 48.6 Å². The molecule has 0 bridgehead atoms. The second kappa shape index (κ2) is 6.72. The van der Waals surface area contributed by atoms with Gasteiger partial charge in [0.05, 0.1) is 11.6 Å². The maximum atomic E-state index is 12.2. The molecule has 1 unspecified atom stereocenters. The molecule has 1 heterocycles. The highest BCUT2D eigenvalue weighted by Gasteiger charge is 2.26. The van der Waals surface area contributed by atoms with Crippen LogP contribution in [0.4, 0.5) is 4.79 Å². The van der Waals surface area contributed by atoms with Gasteiger partial charge in [-0.25, -0.2) is 9.59 Å². The Hall–Kier alpha value is -2.86. The van der Waals surface area contributed by atoms with Crippen molar-refractivity contribution < 1.29 is 14.4 Å². The Labute approximate surface area is 143 Å². The third-order valence-electron chi connectivity index (χ3n) is 3.72. The van der Waals surface area contributed by atoms with Crippen molar-refractivity contribution in [3.05, 3.63) is 71.1 Å². The van der Waals surface area contributed by atoms with E-state index in [4.69, 9.17) is 10.6 Å². The Morgan fingerprint density at radius 2 is 1.75 bits per heavy atom. The molecule has 5 nitrogen and oxygen atoms in total. The highest BCUT2D eigenvalue weighted by Crippen LogP contribution is 2.33. The predicted molar refractivity (Wildman–Crippen MR) is 93.5 cm³/mol. The molecule has 1 atom stereocenters. The van der Waals surface area contributed by atoms with Gasteiger partial charge in [-0.2, -0.15) is 0 Å². The van der Waals surface area contributed by atoms with Crippen molar-refractivity contribution in [3.8, 4) is 0 Å². The molecule has 0 saturated carbocycles. The molecule has 1 aromatic heterocycles. The quantitative estimate of drug-likeness (QED) is 0.729. The molecule has 3 rings (SSSR count). The standard InChI is InChI=1S/C18H16N2O3S/c1-12(15-11-24-16-10-6-5-9-14(15)16)20(18(19)22)23-17(21)13-7-3-2-4-8-13/h2-12H,1H3,(H2,19,22). The summed E-state index contributed by atoms with van der Waals surface area (Å²) in [5, 5.41) is 3.88. The van der Waals surface area contributed by atoms with Crippen molar-refractivity contribution in [1.29, 1.82) is 0 Å². The van der Waals surface area contributed by atoms with Crippen LogP contribution in [0.25, 0.3) is 10.1 Å². The first-order valence-corrected chi connectivity index (χ1v) is 8.28. The molecule has 0 radical (unpaired) electrons. The highest BCUT2D eigenvalue weighted by atomic mass is 32.1. The minimum absolute atomic E-state index is 0.353. The molecule has 0 fully saturated rings. The zero-order valence-corrected chi connectivity index (χ0v) is 13.8. The minimum atomic E-state index is -0.818. The van der Waals surface area contributed by atoms with Crippen molar-refractivity contribution in [2.45, 2.75) is 13.0 Å². The van der Waals surface area contributed by atoms with Crippen molar-refractivity contribution in [2.75, 3.05) is 0 Å². The van der Waals surface area contributed by atoms with Crippen LogP contribution < -0.4 is 5.73 Å². The molecule has 2 amide bonds. The minimum Gasteiger partial charge on any atom is -0.349 e. The molecular weight excluding hydrogens is 324 g/mol. The Bertz CT molecular complexity index is 876. The summed E-state index contributed by atoms with van der Waals surface area (Å²) >= 11 is 1.57. The molecule has 3 aromatic rings. The summed E-state index contributed by atoms with van der Waals surface area (Å²) in [5.74, 6) is -0.624. The molecule has 0 saturated heterocycles. The van der Waals surface area contributed by atoms with Crippen LogP contribution in [-0.2, 0) is 4.84 Å². The van der Waals surface area contributed by atoms with E-state index in [1.165, 1.54) is 0 Å². The number of rotatable bonds is 3. The number of carbonyl (C=O) groups is 2. The van der Waals surface area contributed by atoms with Crippen LogP contribution in [0.1, 0.15) is 28.9 Å². The zero-order valence-electron chi connectivity index (χ0n) is 13.0. The van der Waals surface area contributed by atoms with Crippen LogP contribution in [0.15, 0.2) is 60.0 Å². The van der Waals surface area contributed by atoms with Crippen LogP contribution in [-0.4, -0.2) is 17.1 Å². The lowest BCUT2D eigenvalue weighted by atomic mass is 10.1. The Morgan fingerprint density at radius 1 is 1.08 bits per heavy atom. The molecular formula is C18H16N2O3S. The van der Waals surface area contributed by atoms with Gasteiger partial charge in [0.15, 0.2) is 0 Å². The van der Waals surface area contributed by atoms with Gasteiger partial charge in [0.1, 0.15) is 0 Å². The topological polar surface area (TPSA) is 72.6 Å². The molecule has 6 heteroatoms. The van der Waals surface area contributed by atoms with Gasteiger partial charge in [0, 0.05) is 4.70 Å². The van der Waals surface area contributed by atoms with Gasteiger partial charge in [0.25, 0.3) is 0 Å². The normalized spacial score (nSPS) is 11.9. The fourth-order valence-corrected chi connectivity index (χ4v) is 3.53.